The number of phenolic OH excluding ortho intramolecular Hbond substituents is 2. The van der Waals surface area contributed by atoms with E-state index < -0.39 is 0 Å². The number of hydrogen-bond acceptors (Lipinski definition) is 4. The van der Waals surface area contributed by atoms with Gasteiger partial charge in [0.2, 0.25) is 0 Å². The highest BCUT2D eigenvalue weighted by atomic mass is 16.3. The van der Waals surface area contributed by atoms with Crippen molar-refractivity contribution in [3.63, 3.8) is 0 Å². The fourth-order valence-corrected chi connectivity index (χ4v) is 4.81. The zero-order chi connectivity index (χ0) is 27.1. The van der Waals surface area contributed by atoms with Crippen LogP contribution in [0.5, 0.6) is 11.5 Å². The molecule has 38 heavy (non-hydrogen) atoms. The summed E-state index contributed by atoms with van der Waals surface area (Å²) in [4.78, 5) is 9.63. The molecule has 4 nitrogen and oxygen atoms in total. The lowest BCUT2D eigenvalue weighted by Crippen LogP contribution is -1.93. The summed E-state index contributed by atoms with van der Waals surface area (Å²) in [5, 5.41) is 23.3. The summed E-state index contributed by atoms with van der Waals surface area (Å²) in [7, 11) is 0. The van der Waals surface area contributed by atoms with Crippen LogP contribution in [-0.2, 0) is 12.8 Å². The van der Waals surface area contributed by atoms with Crippen LogP contribution in [0.4, 0.5) is 11.4 Å². The maximum Gasteiger partial charge on any atom is 0.127 e. The molecule has 0 aromatic heterocycles. The Morgan fingerprint density at radius 2 is 1.11 bits per heavy atom. The molecule has 4 aromatic rings. The molecule has 2 N–H and O–H groups in total. The molecule has 0 amide bonds. The molecule has 0 saturated heterocycles. The highest BCUT2D eigenvalue weighted by molar-refractivity contribution is 6.04. The van der Waals surface area contributed by atoms with Crippen LogP contribution in [0, 0.1) is 13.8 Å². The van der Waals surface area contributed by atoms with Gasteiger partial charge in [-0.15, -0.1) is 0 Å². The van der Waals surface area contributed by atoms with E-state index in [1.165, 1.54) is 11.1 Å². The third kappa shape index (κ3) is 6.31. The molecule has 0 fully saturated rings. The second kappa shape index (κ2) is 12.6. The minimum absolute atomic E-state index is 0.265. The van der Waals surface area contributed by atoms with E-state index in [0.29, 0.717) is 0 Å². The monoisotopic (exact) mass is 506 g/mol. The van der Waals surface area contributed by atoms with Gasteiger partial charge in [-0.05, 0) is 91.4 Å². The average Bonchev–Trinajstić information content (AvgIpc) is 2.92. The van der Waals surface area contributed by atoms with Crippen LogP contribution in [0.3, 0.4) is 0 Å². The molecular weight excluding hydrogens is 468 g/mol. The predicted octanol–water partition coefficient (Wildman–Crippen LogP) is 9.05. The predicted molar refractivity (Wildman–Crippen MR) is 161 cm³/mol. The van der Waals surface area contributed by atoms with Crippen LogP contribution in [-0.4, -0.2) is 22.6 Å². The van der Waals surface area contributed by atoms with Crippen molar-refractivity contribution in [1.82, 2.24) is 0 Å². The number of phenols is 2. The number of fused-ring (bicyclic) bond motifs is 1. The molecule has 0 saturated carbocycles. The Bertz CT molecular complexity index is 1380. The second-order valence-electron chi connectivity index (χ2n) is 10.1. The molecule has 4 heteroatoms. The number of hydrogen-bond donors (Lipinski definition) is 2. The van der Waals surface area contributed by atoms with Crippen molar-refractivity contribution in [2.75, 3.05) is 0 Å². The molecule has 0 spiro atoms. The number of aryl methyl sites for hydroxylation is 4. The summed E-state index contributed by atoms with van der Waals surface area (Å²) in [5.74, 6) is 0.530. The summed E-state index contributed by atoms with van der Waals surface area (Å²) < 4.78 is 0. The van der Waals surface area contributed by atoms with Gasteiger partial charge >= 0.3 is 0 Å². The Hall–Kier alpha value is -3.92. The maximum atomic E-state index is 10.7. The molecule has 0 aliphatic carbocycles. The highest BCUT2D eigenvalue weighted by Crippen LogP contribution is 2.35. The summed E-state index contributed by atoms with van der Waals surface area (Å²) in [6, 6.07) is 20.2. The Balaban J connectivity index is 1.73. The van der Waals surface area contributed by atoms with Gasteiger partial charge in [0.15, 0.2) is 0 Å². The van der Waals surface area contributed by atoms with E-state index in [1.807, 2.05) is 62.4 Å². The number of benzene rings is 4. The molecule has 0 aliphatic rings. The Morgan fingerprint density at radius 3 is 1.53 bits per heavy atom. The molecule has 4 rings (SSSR count). The average molecular weight is 507 g/mol. The first-order valence-electron chi connectivity index (χ1n) is 13.7. The summed E-state index contributed by atoms with van der Waals surface area (Å²) >= 11 is 0. The summed E-state index contributed by atoms with van der Waals surface area (Å²) in [6.07, 6.45) is 9.95. The standard InChI is InChI=1S/C34H38N2O2/c1-5-7-11-25-17-23(3)33(37)28(19-25)21-35-30-15-9-13-27-14-10-16-31(32(27)30)36-22-29-20-26(12-8-6-2)18-24(4)34(29)38/h9-10,13-22,37-38H,5-8,11-12H2,1-4H3. The molecule has 0 unspecified atom stereocenters. The minimum atomic E-state index is 0.265. The number of aromatic hydroxyl groups is 2. The summed E-state index contributed by atoms with van der Waals surface area (Å²) in [6.45, 7) is 8.23. The number of aliphatic imine (C=N–C) groups is 2. The van der Waals surface area contributed by atoms with Gasteiger partial charge in [0.05, 0.1) is 11.4 Å². The van der Waals surface area contributed by atoms with Crippen LogP contribution in [0.15, 0.2) is 70.6 Å². The van der Waals surface area contributed by atoms with Gasteiger partial charge in [-0.2, -0.15) is 0 Å². The molecule has 4 aromatic carbocycles. The van der Waals surface area contributed by atoms with E-state index in [2.05, 4.69) is 26.0 Å². The van der Waals surface area contributed by atoms with Crippen LogP contribution in [0.1, 0.15) is 72.9 Å². The number of rotatable bonds is 10. The molecular formula is C34H38N2O2. The van der Waals surface area contributed by atoms with Gasteiger partial charge < -0.3 is 10.2 Å². The first-order valence-corrected chi connectivity index (χ1v) is 13.7. The van der Waals surface area contributed by atoms with Crippen LogP contribution in [0.25, 0.3) is 10.8 Å². The van der Waals surface area contributed by atoms with Crippen molar-refractivity contribution in [3.05, 3.63) is 94.0 Å². The molecule has 0 aliphatic heterocycles. The Kier molecular flexibility index (Phi) is 8.96. The SMILES string of the molecule is CCCCc1cc(C)c(O)c(C=Nc2cccc3cccc(N=Cc4cc(CCCC)cc(C)c4O)c23)c1. The Morgan fingerprint density at radius 1 is 0.658 bits per heavy atom. The maximum absolute atomic E-state index is 10.7. The third-order valence-electron chi connectivity index (χ3n) is 6.96. The first kappa shape index (κ1) is 27.1. The topological polar surface area (TPSA) is 65.2 Å². The minimum Gasteiger partial charge on any atom is -0.507 e. The fraction of sp³-hybridized carbons (Fsp3) is 0.294. The van der Waals surface area contributed by atoms with Gasteiger partial charge in [0, 0.05) is 28.9 Å². The van der Waals surface area contributed by atoms with Crippen molar-refractivity contribution < 1.29 is 10.2 Å². The van der Waals surface area contributed by atoms with Crippen molar-refractivity contribution >= 4 is 34.6 Å². The van der Waals surface area contributed by atoms with E-state index in [-0.39, 0.29) is 11.5 Å². The zero-order valence-corrected chi connectivity index (χ0v) is 23.0. The normalized spacial score (nSPS) is 11.8. The molecule has 0 radical (unpaired) electrons. The third-order valence-corrected chi connectivity index (χ3v) is 6.96. The van der Waals surface area contributed by atoms with Crippen molar-refractivity contribution in [2.24, 2.45) is 9.98 Å². The molecule has 0 atom stereocenters. The van der Waals surface area contributed by atoms with Gasteiger partial charge in [-0.1, -0.05) is 63.1 Å². The lowest BCUT2D eigenvalue weighted by Gasteiger charge is -2.09. The quantitative estimate of drug-likeness (QED) is 0.211. The summed E-state index contributed by atoms with van der Waals surface area (Å²) in [5.41, 5.74) is 7.15. The van der Waals surface area contributed by atoms with Gasteiger partial charge in [-0.3, -0.25) is 9.98 Å². The first-order chi connectivity index (χ1) is 18.4. The smallest absolute Gasteiger partial charge is 0.127 e. The van der Waals surface area contributed by atoms with Gasteiger partial charge in [0.25, 0.3) is 0 Å². The number of unbranched alkanes of at least 4 members (excludes halogenated alkanes) is 2. The number of nitrogens with zero attached hydrogens (tertiary/aromatic N) is 2. The van der Waals surface area contributed by atoms with E-state index in [4.69, 9.17) is 9.98 Å². The van der Waals surface area contributed by atoms with E-state index >= 15 is 0 Å². The lowest BCUT2D eigenvalue weighted by atomic mass is 10.0. The van der Waals surface area contributed by atoms with E-state index in [9.17, 15) is 10.2 Å². The highest BCUT2D eigenvalue weighted by Gasteiger charge is 2.09. The second-order valence-corrected chi connectivity index (χ2v) is 10.1. The van der Waals surface area contributed by atoms with Crippen molar-refractivity contribution in [3.8, 4) is 11.5 Å². The van der Waals surface area contributed by atoms with Crippen molar-refractivity contribution in [1.29, 1.82) is 0 Å². The molecule has 196 valence electrons. The van der Waals surface area contributed by atoms with Crippen LogP contribution in [0.2, 0.25) is 0 Å². The van der Waals surface area contributed by atoms with E-state index in [1.54, 1.807) is 12.4 Å². The van der Waals surface area contributed by atoms with Crippen LogP contribution >= 0.6 is 0 Å². The van der Waals surface area contributed by atoms with Gasteiger partial charge in [0.1, 0.15) is 11.5 Å². The lowest BCUT2D eigenvalue weighted by molar-refractivity contribution is 0.469. The molecule has 0 heterocycles. The largest absolute Gasteiger partial charge is 0.507 e. The Labute approximate surface area is 226 Å². The van der Waals surface area contributed by atoms with E-state index in [0.717, 1.165) is 82.9 Å². The van der Waals surface area contributed by atoms with Crippen LogP contribution < -0.4 is 0 Å². The van der Waals surface area contributed by atoms with Gasteiger partial charge in [-0.25, -0.2) is 0 Å². The molecule has 0 bridgehead atoms. The van der Waals surface area contributed by atoms with Crippen molar-refractivity contribution in [2.45, 2.75) is 66.2 Å². The fourth-order valence-electron chi connectivity index (χ4n) is 4.81. The zero-order valence-electron chi connectivity index (χ0n) is 23.0.